The molecule has 2 aromatic carbocycles. The number of hydrogen-bond acceptors (Lipinski definition) is 3. The highest BCUT2D eigenvalue weighted by atomic mass is 16.5. The van der Waals surface area contributed by atoms with Crippen LogP contribution in [0.4, 0.5) is 5.69 Å². The van der Waals surface area contributed by atoms with E-state index < -0.39 is 5.97 Å². The van der Waals surface area contributed by atoms with Crippen LogP contribution in [0.3, 0.4) is 0 Å². The Morgan fingerprint density at radius 2 is 1.69 bits per heavy atom. The summed E-state index contributed by atoms with van der Waals surface area (Å²) in [4.78, 5) is 24.4. The third-order valence-corrected chi connectivity index (χ3v) is 4.16. The van der Waals surface area contributed by atoms with Crippen LogP contribution in [0.25, 0.3) is 0 Å². The Balaban J connectivity index is 2.02. The van der Waals surface area contributed by atoms with E-state index in [4.69, 9.17) is 4.74 Å². The van der Waals surface area contributed by atoms with Crippen LogP contribution >= 0.6 is 0 Å². The number of quaternary nitrogens is 1. The molecule has 26 heavy (non-hydrogen) atoms. The van der Waals surface area contributed by atoms with Crippen molar-refractivity contribution in [3.63, 3.8) is 0 Å². The van der Waals surface area contributed by atoms with E-state index in [1.807, 2.05) is 23.5 Å². The van der Waals surface area contributed by atoms with Crippen LogP contribution < -0.4 is 10.6 Å². The molecule has 0 radical (unpaired) electrons. The number of ether oxygens (including phenoxy) is 1. The van der Waals surface area contributed by atoms with Crippen molar-refractivity contribution in [2.24, 2.45) is 5.92 Å². The molecule has 0 aromatic heterocycles. The average Bonchev–Trinajstić information content (AvgIpc) is 2.63. The van der Waals surface area contributed by atoms with Crippen LogP contribution in [-0.2, 0) is 9.53 Å². The lowest BCUT2D eigenvalue weighted by Gasteiger charge is -2.19. The molecule has 1 amide bonds. The van der Waals surface area contributed by atoms with Gasteiger partial charge in [0, 0.05) is 11.5 Å². The van der Waals surface area contributed by atoms with Gasteiger partial charge >= 0.3 is 5.97 Å². The standard InChI is InChI=1S/C21H26N2O3/c1-4-26-21(25)17-12-8-9-13-18(17)23-19(24)14-22-20(15(2)3)16-10-6-5-7-11-16/h5-13,15,20,22H,4,14H2,1-3H3,(H,23,24)/p+1/t20-/m0/s1. The fourth-order valence-electron chi connectivity index (χ4n) is 2.88. The molecule has 2 rings (SSSR count). The second-order valence-electron chi connectivity index (χ2n) is 6.43. The van der Waals surface area contributed by atoms with Gasteiger partial charge in [-0.15, -0.1) is 0 Å². The Bertz CT molecular complexity index is 729. The maximum absolute atomic E-state index is 12.4. The first kappa shape index (κ1) is 19.7. The molecule has 0 fully saturated rings. The fourth-order valence-corrected chi connectivity index (χ4v) is 2.88. The molecule has 0 spiro atoms. The molecule has 3 N–H and O–H groups in total. The van der Waals surface area contributed by atoms with E-state index in [1.54, 1.807) is 31.2 Å². The Labute approximate surface area is 154 Å². The van der Waals surface area contributed by atoms with Crippen molar-refractivity contribution < 1.29 is 19.6 Å². The van der Waals surface area contributed by atoms with Crippen molar-refractivity contribution in [2.75, 3.05) is 18.5 Å². The van der Waals surface area contributed by atoms with E-state index >= 15 is 0 Å². The highest BCUT2D eigenvalue weighted by molar-refractivity contribution is 6.01. The minimum atomic E-state index is -0.434. The zero-order valence-corrected chi connectivity index (χ0v) is 15.6. The number of carbonyl (C=O) groups excluding carboxylic acids is 2. The number of esters is 1. The number of nitrogens with one attached hydrogen (secondary N) is 1. The fraction of sp³-hybridized carbons (Fsp3) is 0.333. The average molecular weight is 355 g/mol. The Kier molecular flexibility index (Phi) is 7.36. The quantitative estimate of drug-likeness (QED) is 0.715. The monoisotopic (exact) mass is 355 g/mol. The molecule has 0 aliphatic rings. The number of rotatable bonds is 8. The van der Waals surface area contributed by atoms with Crippen LogP contribution in [0.1, 0.15) is 42.7 Å². The number of hydrogen-bond donors (Lipinski definition) is 2. The van der Waals surface area contributed by atoms with E-state index in [2.05, 4.69) is 31.3 Å². The molecule has 0 unspecified atom stereocenters. The lowest BCUT2D eigenvalue weighted by atomic mass is 9.96. The van der Waals surface area contributed by atoms with E-state index in [0.29, 0.717) is 23.8 Å². The van der Waals surface area contributed by atoms with Crippen LogP contribution in [-0.4, -0.2) is 25.0 Å². The molecule has 5 heteroatoms. The molecular weight excluding hydrogens is 328 g/mol. The van der Waals surface area contributed by atoms with Gasteiger partial charge in [-0.05, 0) is 19.1 Å². The third kappa shape index (κ3) is 5.43. The van der Waals surface area contributed by atoms with Crippen LogP contribution in [0.15, 0.2) is 54.6 Å². The van der Waals surface area contributed by atoms with Gasteiger partial charge in [0.1, 0.15) is 6.04 Å². The van der Waals surface area contributed by atoms with Gasteiger partial charge < -0.3 is 15.4 Å². The van der Waals surface area contributed by atoms with Gasteiger partial charge in [-0.3, -0.25) is 4.79 Å². The summed E-state index contributed by atoms with van der Waals surface area (Å²) in [6.45, 7) is 6.60. The van der Waals surface area contributed by atoms with Gasteiger partial charge in [-0.25, -0.2) is 4.79 Å². The number of nitrogens with two attached hydrogens (primary N) is 1. The van der Waals surface area contributed by atoms with Crippen LogP contribution in [0, 0.1) is 5.92 Å². The van der Waals surface area contributed by atoms with Gasteiger partial charge in [0.25, 0.3) is 5.91 Å². The summed E-state index contributed by atoms with van der Waals surface area (Å²) >= 11 is 0. The predicted molar refractivity (Wildman–Crippen MR) is 102 cm³/mol. The number of anilines is 1. The molecule has 0 saturated carbocycles. The summed E-state index contributed by atoms with van der Waals surface area (Å²) in [6, 6.07) is 17.2. The highest BCUT2D eigenvalue weighted by Crippen LogP contribution is 2.18. The summed E-state index contributed by atoms with van der Waals surface area (Å²) in [5.41, 5.74) is 2.04. The van der Waals surface area contributed by atoms with Crippen LogP contribution in [0.5, 0.6) is 0 Å². The van der Waals surface area contributed by atoms with Gasteiger partial charge in [0.05, 0.1) is 17.9 Å². The number of benzene rings is 2. The second kappa shape index (κ2) is 9.73. The maximum atomic E-state index is 12.4. The minimum Gasteiger partial charge on any atom is -0.462 e. The normalized spacial score (nSPS) is 11.8. The van der Waals surface area contributed by atoms with Crippen LogP contribution in [0.2, 0.25) is 0 Å². The zero-order chi connectivity index (χ0) is 18.9. The SMILES string of the molecule is CCOC(=O)c1ccccc1NC(=O)C[NH2+][C@H](c1ccccc1)C(C)C. The summed E-state index contributed by atoms with van der Waals surface area (Å²) in [6.07, 6.45) is 0. The smallest absolute Gasteiger partial charge is 0.340 e. The summed E-state index contributed by atoms with van der Waals surface area (Å²) in [5, 5.41) is 4.85. The van der Waals surface area contributed by atoms with Crippen molar-refractivity contribution in [2.45, 2.75) is 26.8 Å². The lowest BCUT2D eigenvalue weighted by molar-refractivity contribution is -0.692. The van der Waals surface area contributed by atoms with E-state index in [0.717, 1.165) is 0 Å². The van der Waals surface area contributed by atoms with Gasteiger partial charge in [0.15, 0.2) is 6.54 Å². The maximum Gasteiger partial charge on any atom is 0.340 e. The molecule has 5 nitrogen and oxygen atoms in total. The van der Waals surface area contributed by atoms with E-state index in [-0.39, 0.29) is 18.5 Å². The summed E-state index contributed by atoms with van der Waals surface area (Å²) < 4.78 is 5.04. The Hall–Kier alpha value is -2.66. The van der Waals surface area contributed by atoms with Crippen molar-refractivity contribution in [1.29, 1.82) is 0 Å². The summed E-state index contributed by atoms with van der Waals surface area (Å²) in [5.74, 6) is -0.197. The number of amides is 1. The van der Waals surface area contributed by atoms with Gasteiger partial charge in [-0.2, -0.15) is 0 Å². The molecule has 0 saturated heterocycles. The topological polar surface area (TPSA) is 72.0 Å². The van der Waals surface area contributed by atoms with Crippen molar-refractivity contribution in [3.05, 3.63) is 65.7 Å². The van der Waals surface area contributed by atoms with Gasteiger partial charge in [0.2, 0.25) is 0 Å². The van der Waals surface area contributed by atoms with Crippen molar-refractivity contribution in [1.82, 2.24) is 0 Å². The molecule has 138 valence electrons. The molecule has 0 aliphatic heterocycles. The first-order valence-electron chi connectivity index (χ1n) is 8.97. The summed E-state index contributed by atoms with van der Waals surface area (Å²) in [7, 11) is 0. The molecule has 0 heterocycles. The second-order valence-corrected chi connectivity index (χ2v) is 6.43. The first-order valence-corrected chi connectivity index (χ1v) is 8.97. The molecule has 2 aromatic rings. The molecule has 0 aliphatic carbocycles. The molecular formula is C21H27N2O3+. The Morgan fingerprint density at radius 1 is 1.04 bits per heavy atom. The van der Waals surface area contributed by atoms with Crippen molar-refractivity contribution >= 4 is 17.6 Å². The molecule has 1 atom stereocenters. The minimum absolute atomic E-state index is 0.150. The van der Waals surface area contributed by atoms with E-state index in [9.17, 15) is 9.59 Å². The lowest BCUT2D eigenvalue weighted by Crippen LogP contribution is -2.88. The molecule has 0 bridgehead atoms. The van der Waals surface area contributed by atoms with Gasteiger partial charge in [-0.1, -0.05) is 56.3 Å². The van der Waals surface area contributed by atoms with E-state index in [1.165, 1.54) is 5.56 Å². The number of carbonyl (C=O) groups is 2. The number of para-hydroxylation sites is 1. The third-order valence-electron chi connectivity index (χ3n) is 4.16. The predicted octanol–water partition coefficient (Wildman–Crippen LogP) is 2.76. The Morgan fingerprint density at radius 3 is 2.35 bits per heavy atom. The zero-order valence-electron chi connectivity index (χ0n) is 15.6. The first-order chi connectivity index (χ1) is 12.5. The van der Waals surface area contributed by atoms with Crippen molar-refractivity contribution in [3.8, 4) is 0 Å². The largest absolute Gasteiger partial charge is 0.462 e. The highest BCUT2D eigenvalue weighted by Gasteiger charge is 2.21.